The molecule has 0 aromatic carbocycles. The van der Waals surface area contributed by atoms with Gasteiger partial charge in [0.25, 0.3) is 0 Å². The van der Waals surface area contributed by atoms with E-state index in [0.29, 0.717) is 28.7 Å². The molecule has 0 aromatic heterocycles. The highest BCUT2D eigenvalue weighted by molar-refractivity contribution is 5.78. The Morgan fingerprint density at radius 3 is 1.88 bits per heavy atom. The maximum atomic E-state index is 12.7. The summed E-state index contributed by atoms with van der Waals surface area (Å²) >= 11 is 0. The predicted molar refractivity (Wildman–Crippen MR) is 102 cm³/mol. The standard InChI is InChI=1S/C21H40N2O/c1-19(2,3)17-8-12-22(13-9-17)16-18(24)23-14-10-21(7,11-15-23)20(4,5)6/h17H,8-16H2,1-7H3. The minimum atomic E-state index is 0.316. The number of carbonyl (C=O) groups excluding carboxylic acids is 1. The fourth-order valence-electron chi connectivity index (χ4n) is 4.25. The number of hydrogen-bond acceptors (Lipinski definition) is 2. The van der Waals surface area contributed by atoms with Crippen LogP contribution in [0.25, 0.3) is 0 Å². The average molecular weight is 337 g/mol. The second-order valence-electron chi connectivity index (χ2n) is 10.6. The molecule has 3 heteroatoms. The summed E-state index contributed by atoms with van der Waals surface area (Å²) in [6, 6.07) is 0. The van der Waals surface area contributed by atoms with Crippen molar-refractivity contribution >= 4 is 5.91 Å². The molecular formula is C21H40N2O. The number of likely N-dealkylation sites (tertiary alicyclic amines) is 2. The Labute approximate surface area is 150 Å². The van der Waals surface area contributed by atoms with Gasteiger partial charge >= 0.3 is 0 Å². The summed E-state index contributed by atoms with van der Waals surface area (Å²) in [6.45, 7) is 21.1. The molecule has 2 aliphatic heterocycles. The van der Waals surface area contributed by atoms with Gasteiger partial charge in [-0.25, -0.2) is 0 Å². The topological polar surface area (TPSA) is 23.6 Å². The first-order valence-electron chi connectivity index (χ1n) is 9.92. The fourth-order valence-corrected chi connectivity index (χ4v) is 4.25. The molecule has 24 heavy (non-hydrogen) atoms. The number of hydrogen-bond donors (Lipinski definition) is 0. The molecule has 0 aromatic rings. The second-order valence-corrected chi connectivity index (χ2v) is 10.6. The van der Waals surface area contributed by atoms with Crippen LogP contribution in [-0.2, 0) is 4.79 Å². The van der Waals surface area contributed by atoms with Crippen molar-refractivity contribution in [3.05, 3.63) is 0 Å². The van der Waals surface area contributed by atoms with Crippen molar-refractivity contribution in [3.8, 4) is 0 Å². The van der Waals surface area contributed by atoms with Crippen LogP contribution < -0.4 is 0 Å². The van der Waals surface area contributed by atoms with E-state index < -0.39 is 0 Å². The first kappa shape index (κ1) is 19.8. The maximum Gasteiger partial charge on any atom is 0.236 e. The summed E-state index contributed by atoms with van der Waals surface area (Å²) in [5.41, 5.74) is 1.08. The van der Waals surface area contributed by atoms with Crippen LogP contribution in [0.4, 0.5) is 0 Å². The molecule has 0 N–H and O–H groups in total. The van der Waals surface area contributed by atoms with Gasteiger partial charge in [0.1, 0.15) is 0 Å². The lowest BCUT2D eigenvalue weighted by molar-refractivity contribution is -0.136. The van der Waals surface area contributed by atoms with E-state index in [-0.39, 0.29) is 0 Å². The van der Waals surface area contributed by atoms with Gasteiger partial charge in [-0.05, 0) is 60.9 Å². The van der Waals surface area contributed by atoms with Crippen LogP contribution >= 0.6 is 0 Å². The summed E-state index contributed by atoms with van der Waals surface area (Å²) in [4.78, 5) is 17.2. The van der Waals surface area contributed by atoms with Crippen molar-refractivity contribution in [3.63, 3.8) is 0 Å². The summed E-state index contributed by atoms with van der Waals surface area (Å²) in [6.07, 6.45) is 4.74. The normalized spacial score (nSPS) is 24.2. The van der Waals surface area contributed by atoms with Gasteiger partial charge in [-0.15, -0.1) is 0 Å². The van der Waals surface area contributed by atoms with E-state index in [4.69, 9.17) is 0 Å². The SMILES string of the molecule is CC(C)(C)C1CCN(CC(=O)N2CCC(C)(C(C)(C)C)CC2)CC1. The maximum absolute atomic E-state index is 12.7. The van der Waals surface area contributed by atoms with E-state index in [1.54, 1.807) is 0 Å². The molecule has 0 radical (unpaired) electrons. The van der Waals surface area contributed by atoms with Crippen molar-refractivity contribution in [2.24, 2.45) is 22.2 Å². The van der Waals surface area contributed by atoms with Gasteiger partial charge in [-0.1, -0.05) is 48.5 Å². The first-order valence-corrected chi connectivity index (χ1v) is 9.92. The Morgan fingerprint density at radius 1 is 0.958 bits per heavy atom. The molecule has 0 atom stereocenters. The lowest BCUT2D eigenvalue weighted by Gasteiger charge is -2.48. The van der Waals surface area contributed by atoms with Gasteiger partial charge in [-0.2, -0.15) is 0 Å². The Bertz CT molecular complexity index is 428. The van der Waals surface area contributed by atoms with Crippen molar-refractivity contribution in [1.29, 1.82) is 0 Å². The van der Waals surface area contributed by atoms with E-state index in [9.17, 15) is 4.79 Å². The van der Waals surface area contributed by atoms with Gasteiger partial charge in [0, 0.05) is 13.1 Å². The summed E-state index contributed by atoms with van der Waals surface area (Å²) < 4.78 is 0. The van der Waals surface area contributed by atoms with Gasteiger partial charge < -0.3 is 4.90 Å². The van der Waals surface area contributed by atoms with Crippen LogP contribution in [0.2, 0.25) is 0 Å². The molecule has 2 aliphatic rings. The number of carbonyl (C=O) groups is 1. The zero-order valence-corrected chi connectivity index (χ0v) is 17.2. The molecule has 2 rings (SSSR count). The fraction of sp³-hybridized carbons (Fsp3) is 0.952. The molecule has 0 unspecified atom stereocenters. The van der Waals surface area contributed by atoms with E-state index >= 15 is 0 Å². The van der Waals surface area contributed by atoms with E-state index in [1.165, 1.54) is 12.8 Å². The summed E-state index contributed by atoms with van der Waals surface area (Å²) in [7, 11) is 0. The van der Waals surface area contributed by atoms with Crippen LogP contribution in [0.3, 0.4) is 0 Å². The van der Waals surface area contributed by atoms with Crippen LogP contribution in [0.1, 0.15) is 74.1 Å². The zero-order valence-electron chi connectivity index (χ0n) is 17.2. The molecule has 0 bridgehead atoms. The Morgan fingerprint density at radius 2 is 1.46 bits per heavy atom. The van der Waals surface area contributed by atoms with E-state index in [0.717, 1.165) is 44.9 Å². The van der Waals surface area contributed by atoms with Gasteiger partial charge in [0.2, 0.25) is 5.91 Å². The monoisotopic (exact) mass is 336 g/mol. The summed E-state index contributed by atoms with van der Waals surface area (Å²) in [5, 5.41) is 0. The van der Waals surface area contributed by atoms with E-state index in [1.807, 2.05) is 0 Å². The second kappa shape index (κ2) is 6.97. The smallest absolute Gasteiger partial charge is 0.236 e. The Balaban J connectivity index is 1.79. The van der Waals surface area contributed by atoms with Gasteiger partial charge in [0.05, 0.1) is 6.54 Å². The third-order valence-electron chi connectivity index (χ3n) is 7.20. The Kier molecular flexibility index (Phi) is 5.74. The largest absolute Gasteiger partial charge is 0.342 e. The molecule has 0 saturated carbocycles. The minimum absolute atomic E-state index is 0.316. The predicted octanol–water partition coefficient (Wildman–Crippen LogP) is 4.42. The van der Waals surface area contributed by atoms with Crippen molar-refractivity contribution in [1.82, 2.24) is 9.80 Å². The number of nitrogens with zero attached hydrogens (tertiary/aromatic N) is 2. The first-order chi connectivity index (χ1) is 10.9. The third-order valence-corrected chi connectivity index (χ3v) is 7.20. The molecule has 0 spiro atoms. The van der Waals surface area contributed by atoms with E-state index in [2.05, 4.69) is 58.3 Å². The van der Waals surface area contributed by atoms with Crippen molar-refractivity contribution in [2.45, 2.75) is 74.1 Å². The van der Waals surface area contributed by atoms with Crippen LogP contribution in [0.15, 0.2) is 0 Å². The minimum Gasteiger partial charge on any atom is -0.342 e. The molecule has 1 amide bonds. The molecule has 2 saturated heterocycles. The number of piperidine rings is 2. The summed E-state index contributed by atoms with van der Waals surface area (Å²) in [5.74, 6) is 1.14. The van der Waals surface area contributed by atoms with Crippen LogP contribution in [-0.4, -0.2) is 48.4 Å². The van der Waals surface area contributed by atoms with Crippen LogP contribution in [0.5, 0.6) is 0 Å². The third kappa shape index (κ3) is 4.53. The van der Waals surface area contributed by atoms with Gasteiger partial charge in [-0.3, -0.25) is 9.69 Å². The highest BCUT2D eigenvalue weighted by Gasteiger charge is 2.41. The highest BCUT2D eigenvalue weighted by Crippen LogP contribution is 2.46. The molecule has 2 fully saturated rings. The molecule has 2 heterocycles. The van der Waals surface area contributed by atoms with Crippen molar-refractivity contribution in [2.75, 3.05) is 32.7 Å². The Hall–Kier alpha value is -0.570. The van der Waals surface area contributed by atoms with Crippen molar-refractivity contribution < 1.29 is 4.79 Å². The molecule has 3 nitrogen and oxygen atoms in total. The highest BCUT2D eigenvalue weighted by atomic mass is 16.2. The average Bonchev–Trinajstić information content (AvgIpc) is 2.46. The van der Waals surface area contributed by atoms with Gasteiger partial charge in [0.15, 0.2) is 0 Å². The molecule has 0 aliphatic carbocycles. The lowest BCUT2D eigenvalue weighted by Crippen LogP contribution is -2.50. The molecular weight excluding hydrogens is 296 g/mol. The number of rotatable bonds is 2. The molecule has 140 valence electrons. The lowest BCUT2D eigenvalue weighted by atomic mass is 9.63. The van der Waals surface area contributed by atoms with Crippen LogP contribution in [0, 0.1) is 22.2 Å². The quantitative estimate of drug-likeness (QED) is 0.745. The zero-order chi connectivity index (χ0) is 18.2. The number of amides is 1.